The van der Waals surface area contributed by atoms with Crippen molar-refractivity contribution < 1.29 is 8.42 Å². The van der Waals surface area contributed by atoms with E-state index in [9.17, 15) is 8.42 Å². The quantitative estimate of drug-likeness (QED) is 0.827. The maximum Gasteiger partial charge on any atom is 0.261 e. The summed E-state index contributed by atoms with van der Waals surface area (Å²) in [4.78, 5) is 0.246. The van der Waals surface area contributed by atoms with Crippen molar-refractivity contribution in [3.8, 4) is 0 Å². The Labute approximate surface area is 134 Å². The molecule has 1 atom stereocenters. The third-order valence-electron chi connectivity index (χ3n) is 3.45. The fraction of sp³-hybridized carbons (Fsp3) is 0.250. The summed E-state index contributed by atoms with van der Waals surface area (Å²) in [6, 6.07) is 14.2. The molecule has 1 N–H and O–H groups in total. The number of sulfonamides is 1. The highest BCUT2D eigenvalue weighted by molar-refractivity contribution is 9.10. The summed E-state index contributed by atoms with van der Waals surface area (Å²) >= 11 is 3.30. The second-order valence-corrected chi connectivity index (χ2v) is 7.56. The number of halogens is 1. The van der Waals surface area contributed by atoms with Gasteiger partial charge >= 0.3 is 0 Å². The zero-order chi connectivity index (χ0) is 15.5. The first-order valence-electron chi connectivity index (χ1n) is 6.81. The molecule has 2 rings (SSSR count). The lowest BCUT2D eigenvalue weighted by molar-refractivity contribution is 0.601. The molecule has 5 heteroatoms. The van der Waals surface area contributed by atoms with Crippen molar-refractivity contribution in [3.63, 3.8) is 0 Å². The molecule has 0 heterocycles. The number of para-hydroxylation sites is 1. The van der Waals surface area contributed by atoms with E-state index in [0.29, 0.717) is 11.6 Å². The number of nitrogens with one attached hydrogen (secondary N) is 1. The summed E-state index contributed by atoms with van der Waals surface area (Å²) in [6.45, 7) is 4.18. The molecule has 0 saturated heterocycles. The molecule has 0 saturated carbocycles. The topological polar surface area (TPSA) is 46.2 Å². The Balaban J connectivity index is 2.38. The van der Waals surface area contributed by atoms with Crippen molar-refractivity contribution in [1.29, 1.82) is 0 Å². The van der Waals surface area contributed by atoms with Gasteiger partial charge in [0, 0.05) is 4.47 Å². The van der Waals surface area contributed by atoms with Crippen LogP contribution >= 0.6 is 15.9 Å². The van der Waals surface area contributed by atoms with Gasteiger partial charge in [0.1, 0.15) is 0 Å². The van der Waals surface area contributed by atoms with Crippen LogP contribution in [0.2, 0.25) is 0 Å². The molecule has 0 spiro atoms. The molecule has 21 heavy (non-hydrogen) atoms. The van der Waals surface area contributed by atoms with Gasteiger partial charge in [-0.2, -0.15) is 0 Å². The molecule has 2 aromatic carbocycles. The monoisotopic (exact) mass is 367 g/mol. The maximum atomic E-state index is 12.5. The van der Waals surface area contributed by atoms with E-state index in [1.165, 1.54) is 0 Å². The SMILES string of the molecule is CC[C@H](C)c1ccccc1NS(=O)(=O)c1cccc(Br)c1. The van der Waals surface area contributed by atoms with Crippen LogP contribution in [-0.4, -0.2) is 8.42 Å². The number of rotatable bonds is 5. The highest BCUT2D eigenvalue weighted by atomic mass is 79.9. The Morgan fingerprint density at radius 3 is 2.52 bits per heavy atom. The van der Waals surface area contributed by atoms with E-state index in [1.54, 1.807) is 30.3 Å². The first-order chi connectivity index (χ1) is 9.94. The number of hydrogen-bond donors (Lipinski definition) is 1. The van der Waals surface area contributed by atoms with Gasteiger partial charge in [-0.15, -0.1) is 0 Å². The van der Waals surface area contributed by atoms with Gasteiger partial charge in [-0.3, -0.25) is 4.72 Å². The molecule has 0 amide bonds. The van der Waals surface area contributed by atoms with Gasteiger partial charge in [-0.05, 0) is 42.2 Å². The average molecular weight is 368 g/mol. The van der Waals surface area contributed by atoms with Crippen molar-refractivity contribution in [2.45, 2.75) is 31.1 Å². The lowest BCUT2D eigenvalue weighted by Gasteiger charge is -2.16. The minimum Gasteiger partial charge on any atom is -0.279 e. The summed E-state index contributed by atoms with van der Waals surface area (Å²) < 4.78 is 28.4. The molecule has 0 aromatic heterocycles. The summed E-state index contributed by atoms with van der Waals surface area (Å²) in [5.41, 5.74) is 1.66. The molecule has 112 valence electrons. The third kappa shape index (κ3) is 3.86. The molecule has 0 aliphatic heterocycles. The van der Waals surface area contributed by atoms with E-state index in [2.05, 4.69) is 34.5 Å². The Morgan fingerprint density at radius 2 is 1.86 bits per heavy atom. The van der Waals surface area contributed by atoms with Gasteiger partial charge in [-0.25, -0.2) is 8.42 Å². The summed E-state index contributed by atoms with van der Waals surface area (Å²) in [5, 5.41) is 0. The largest absolute Gasteiger partial charge is 0.279 e. The molecule has 2 aromatic rings. The van der Waals surface area contributed by atoms with E-state index < -0.39 is 10.0 Å². The van der Waals surface area contributed by atoms with Gasteiger partial charge in [0.25, 0.3) is 10.0 Å². The second-order valence-electron chi connectivity index (χ2n) is 4.96. The summed E-state index contributed by atoms with van der Waals surface area (Å²) in [6.07, 6.45) is 0.954. The summed E-state index contributed by atoms with van der Waals surface area (Å²) in [5.74, 6) is 0.298. The Morgan fingerprint density at radius 1 is 1.14 bits per heavy atom. The van der Waals surface area contributed by atoms with Crippen LogP contribution in [0.1, 0.15) is 31.7 Å². The van der Waals surface area contributed by atoms with Crippen LogP contribution in [0.15, 0.2) is 57.9 Å². The zero-order valence-electron chi connectivity index (χ0n) is 12.0. The predicted octanol–water partition coefficient (Wildman–Crippen LogP) is 4.76. The van der Waals surface area contributed by atoms with E-state index >= 15 is 0 Å². The van der Waals surface area contributed by atoms with E-state index in [1.807, 2.05) is 18.2 Å². The van der Waals surface area contributed by atoms with Crippen LogP contribution in [-0.2, 0) is 10.0 Å². The molecule has 0 bridgehead atoms. The number of hydrogen-bond acceptors (Lipinski definition) is 2. The molecule has 0 fully saturated rings. The van der Waals surface area contributed by atoms with E-state index in [-0.39, 0.29) is 4.90 Å². The van der Waals surface area contributed by atoms with Crippen LogP contribution < -0.4 is 4.72 Å². The minimum absolute atomic E-state index is 0.246. The van der Waals surface area contributed by atoms with Crippen LogP contribution in [0.4, 0.5) is 5.69 Å². The van der Waals surface area contributed by atoms with Crippen LogP contribution in [0.3, 0.4) is 0 Å². The molecule has 0 aliphatic rings. The lowest BCUT2D eigenvalue weighted by atomic mass is 9.97. The van der Waals surface area contributed by atoms with Crippen molar-refractivity contribution in [1.82, 2.24) is 0 Å². The van der Waals surface area contributed by atoms with Crippen molar-refractivity contribution in [2.24, 2.45) is 0 Å². The first-order valence-corrected chi connectivity index (χ1v) is 9.09. The van der Waals surface area contributed by atoms with Crippen LogP contribution in [0, 0.1) is 0 Å². The van der Waals surface area contributed by atoms with Crippen molar-refractivity contribution >= 4 is 31.6 Å². The van der Waals surface area contributed by atoms with E-state index in [0.717, 1.165) is 16.5 Å². The fourth-order valence-corrected chi connectivity index (χ4v) is 3.76. The maximum absolute atomic E-state index is 12.5. The highest BCUT2D eigenvalue weighted by Crippen LogP contribution is 2.28. The molecule has 0 unspecified atom stereocenters. The number of anilines is 1. The van der Waals surface area contributed by atoms with Gasteiger partial charge in [-0.1, -0.05) is 54.0 Å². The predicted molar refractivity (Wildman–Crippen MR) is 90.1 cm³/mol. The molecular weight excluding hydrogens is 350 g/mol. The van der Waals surface area contributed by atoms with Gasteiger partial charge in [0.05, 0.1) is 10.6 Å². The van der Waals surface area contributed by atoms with Gasteiger partial charge < -0.3 is 0 Å². The Bertz CT molecular complexity index is 729. The zero-order valence-corrected chi connectivity index (χ0v) is 14.4. The van der Waals surface area contributed by atoms with Crippen LogP contribution in [0.25, 0.3) is 0 Å². The lowest BCUT2D eigenvalue weighted by Crippen LogP contribution is -2.14. The Hall–Kier alpha value is -1.33. The third-order valence-corrected chi connectivity index (χ3v) is 5.31. The molecule has 0 radical (unpaired) electrons. The molecular formula is C16H18BrNO2S. The summed E-state index contributed by atoms with van der Waals surface area (Å²) in [7, 11) is -3.58. The standard InChI is InChI=1S/C16H18BrNO2S/c1-3-12(2)15-9-4-5-10-16(15)18-21(19,20)14-8-6-7-13(17)11-14/h4-12,18H,3H2,1-2H3/t12-/m0/s1. The van der Waals surface area contributed by atoms with Gasteiger partial charge in [0.15, 0.2) is 0 Å². The fourth-order valence-electron chi connectivity index (χ4n) is 2.08. The van der Waals surface area contributed by atoms with E-state index in [4.69, 9.17) is 0 Å². The minimum atomic E-state index is -3.58. The smallest absolute Gasteiger partial charge is 0.261 e. The normalized spacial score (nSPS) is 12.9. The number of benzene rings is 2. The van der Waals surface area contributed by atoms with Gasteiger partial charge in [0.2, 0.25) is 0 Å². The van der Waals surface area contributed by atoms with Crippen molar-refractivity contribution in [2.75, 3.05) is 4.72 Å². The van der Waals surface area contributed by atoms with Crippen LogP contribution in [0.5, 0.6) is 0 Å². The Kier molecular flexibility index (Phi) is 5.06. The second kappa shape index (κ2) is 6.62. The van der Waals surface area contributed by atoms with Crippen molar-refractivity contribution in [3.05, 3.63) is 58.6 Å². The highest BCUT2D eigenvalue weighted by Gasteiger charge is 2.17. The molecule has 3 nitrogen and oxygen atoms in total. The first kappa shape index (κ1) is 16.0. The molecule has 0 aliphatic carbocycles. The average Bonchev–Trinajstić information content (AvgIpc) is 2.46.